The van der Waals surface area contributed by atoms with Crippen LogP contribution in [0.5, 0.6) is 0 Å². The maximum Gasteiger partial charge on any atom is 0.279 e. The van der Waals surface area contributed by atoms with Crippen LogP contribution in [-0.2, 0) is 9.57 Å². The van der Waals surface area contributed by atoms with E-state index in [0.717, 1.165) is 0 Å². The van der Waals surface area contributed by atoms with Crippen LogP contribution in [0.1, 0.15) is 6.92 Å². The highest BCUT2D eigenvalue weighted by Crippen LogP contribution is 2.03. The molecule has 0 aliphatic carbocycles. The van der Waals surface area contributed by atoms with E-state index in [4.69, 9.17) is 9.57 Å². The van der Waals surface area contributed by atoms with E-state index >= 15 is 0 Å². The molecule has 1 atom stereocenters. The first-order chi connectivity index (χ1) is 4.33. The van der Waals surface area contributed by atoms with Gasteiger partial charge in [-0.3, -0.25) is 0 Å². The van der Waals surface area contributed by atoms with Crippen LogP contribution in [-0.4, -0.2) is 25.8 Å². The fraction of sp³-hybridized carbons (Fsp3) is 0.800. The molecule has 4 nitrogen and oxygen atoms in total. The molecule has 1 aliphatic rings. The van der Waals surface area contributed by atoms with Gasteiger partial charge in [0.25, 0.3) is 6.29 Å². The average molecular weight is 130 g/mol. The van der Waals surface area contributed by atoms with Gasteiger partial charge >= 0.3 is 0 Å². The van der Waals surface area contributed by atoms with Gasteiger partial charge in [-0.25, -0.2) is 0 Å². The summed E-state index contributed by atoms with van der Waals surface area (Å²) in [5.41, 5.74) is 0. The van der Waals surface area contributed by atoms with E-state index in [-0.39, 0.29) is 6.29 Å². The Morgan fingerprint density at radius 3 is 3.00 bits per heavy atom. The van der Waals surface area contributed by atoms with Crippen molar-refractivity contribution >= 4 is 5.90 Å². The molecular weight excluding hydrogens is 120 g/mol. The molecule has 0 bridgehead atoms. The largest absolute Gasteiger partial charge is 0.435 e. The first-order valence-corrected chi connectivity index (χ1v) is 2.84. The van der Waals surface area contributed by atoms with Crippen LogP contribution in [0.4, 0.5) is 0 Å². The summed E-state index contributed by atoms with van der Waals surface area (Å²) in [4.78, 5) is 4.81. The Morgan fingerprint density at radius 1 is 1.78 bits per heavy atom. The summed E-state index contributed by atoms with van der Waals surface area (Å²) in [5, 5.41) is 6.50. The summed E-state index contributed by atoms with van der Waals surface area (Å²) in [5.74, 6) is 0.593. The van der Waals surface area contributed by atoms with Crippen molar-refractivity contribution in [2.24, 2.45) is 5.16 Å². The molecule has 0 fully saturated rings. The lowest BCUT2D eigenvalue weighted by Gasteiger charge is -2.05. The van der Waals surface area contributed by atoms with E-state index < -0.39 is 0 Å². The Morgan fingerprint density at radius 2 is 2.56 bits per heavy atom. The number of nitrogens with zero attached hydrogens (tertiary/aromatic N) is 1. The number of rotatable bonds is 2. The summed E-state index contributed by atoms with van der Waals surface area (Å²) < 4.78 is 5.07. The van der Waals surface area contributed by atoms with Gasteiger partial charge in [-0.2, -0.15) is 0 Å². The predicted molar refractivity (Wildman–Crippen MR) is 33.0 cm³/mol. The van der Waals surface area contributed by atoms with E-state index in [2.05, 4.69) is 10.5 Å². The second-order valence-corrected chi connectivity index (χ2v) is 1.82. The van der Waals surface area contributed by atoms with E-state index in [9.17, 15) is 0 Å². The molecule has 0 aromatic carbocycles. The Balaban J connectivity index is 2.21. The number of nitrogens with one attached hydrogen (secondary N) is 1. The van der Waals surface area contributed by atoms with E-state index in [1.54, 1.807) is 6.92 Å². The molecule has 0 aromatic rings. The smallest absolute Gasteiger partial charge is 0.279 e. The zero-order valence-corrected chi connectivity index (χ0v) is 5.55. The minimum atomic E-state index is -0.227. The molecule has 0 saturated heterocycles. The molecule has 0 spiro atoms. The van der Waals surface area contributed by atoms with Crippen molar-refractivity contribution in [2.75, 3.05) is 13.6 Å². The summed E-state index contributed by atoms with van der Waals surface area (Å²) in [7, 11) is 1.83. The molecule has 1 heterocycles. The molecule has 4 heteroatoms. The third-order valence-corrected chi connectivity index (χ3v) is 0.972. The van der Waals surface area contributed by atoms with Gasteiger partial charge in [0.2, 0.25) is 5.90 Å². The maximum atomic E-state index is 5.07. The van der Waals surface area contributed by atoms with E-state index in [1.807, 2.05) is 7.05 Å². The number of hydrogen-bond acceptors (Lipinski definition) is 4. The van der Waals surface area contributed by atoms with Crippen LogP contribution in [0.2, 0.25) is 0 Å². The normalized spacial score (nSPS) is 24.7. The van der Waals surface area contributed by atoms with Crippen LogP contribution >= 0.6 is 0 Å². The number of likely N-dealkylation sites (N-methyl/N-ethyl adjacent to an activating group) is 1. The van der Waals surface area contributed by atoms with Gasteiger partial charge < -0.3 is 14.9 Å². The zero-order valence-electron chi connectivity index (χ0n) is 5.55. The van der Waals surface area contributed by atoms with Gasteiger partial charge in [0.15, 0.2) is 0 Å². The van der Waals surface area contributed by atoms with Gasteiger partial charge in [-0.15, -0.1) is 0 Å². The lowest BCUT2D eigenvalue weighted by Crippen LogP contribution is -2.25. The maximum absolute atomic E-state index is 5.07. The van der Waals surface area contributed by atoms with Gasteiger partial charge in [0.05, 0.1) is 6.54 Å². The lowest BCUT2D eigenvalue weighted by atomic mass is 10.6. The first kappa shape index (κ1) is 6.35. The molecule has 1 unspecified atom stereocenters. The Labute approximate surface area is 53.8 Å². The summed E-state index contributed by atoms with van der Waals surface area (Å²) >= 11 is 0. The van der Waals surface area contributed by atoms with Crippen LogP contribution in [0.3, 0.4) is 0 Å². The topological polar surface area (TPSA) is 42.8 Å². The van der Waals surface area contributed by atoms with Crippen molar-refractivity contribution in [1.82, 2.24) is 5.32 Å². The Kier molecular flexibility index (Phi) is 1.89. The van der Waals surface area contributed by atoms with Crippen LogP contribution in [0.15, 0.2) is 5.16 Å². The molecule has 1 N–H and O–H groups in total. The minimum Gasteiger partial charge on any atom is -0.435 e. The summed E-state index contributed by atoms with van der Waals surface area (Å²) in [6, 6.07) is 0. The first-order valence-electron chi connectivity index (χ1n) is 2.84. The highest BCUT2D eigenvalue weighted by molar-refractivity contribution is 5.73. The van der Waals surface area contributed by atoms with Gasteiger partial charge in [-0.1, -0.05) is 0 Å². The van der Waals surface area contributed by atoms with Crippen LogP contribution in [0.25, 0.3) is 0 Å². The zero-order chi connectivity index (χ0) is 6.69. The molecule has 0 radical (unpaired) electrons. The lowest BCUT2D eigenvalue weighted by molar-refractivity contribution is -0.0438. The molecule has 0 amide bonds. The number of hydrogen-bond donors (Lipinski definition) is 1. The standard InChI is InChI=1S/C5H10N2O2/c1-4-7-9-5(8-4)3-6-2/h5-6H,3H2,1-2H3. The Bertz CT molecular complexity index is 124. The van der Waals surface area contributed by atoms with E-state index in [1.165, 1.54) is 0 Å². The summed E-state index contributed by atoms with van der Waals surface area (Å²) in [6.45, 7) is 2.43. The molecule has 9 heavy (non-hydrogen) atoms. The fourth-order valence-electron chi connectivity index (χ4n) is 0.612. The minimum absolute atomic E-state index is 0.227. The molecule has 0 aromatic heterocycles. The van der Waals surface area contributed by atoms with Crippen molar-refractivity contribution in [3.63, 3.8) is 0 Å². The van der Waals surface area contributed by atoms with Crippen LogP contribution in [0, 0.1) is 0 Å². The highest BCUT2D eigenvalue weighted by atomic mass is 16.8. The molecule has 1 aliphatic heterocycles. The number of oxime groups is 1. The van der Waals surface area contributed by atoms with E-state index in [0.29, 0.717) is 12.4 Å². The highest BCUT2D eigenvalue weighted by Gasteiger charge is 2.16. The third-order valence-electron chi connectivity index (χ3n) is 0.972. The van der Waals surface area contributed by atoms with Crippen LogP contribution < -0.4 is 5.32 Å². The van der Waals surface area contributed by atoms with Gasteiger partial charge in [0, 0.05) is 6.92 Å². The second kappa shape index (κ2) is 2.68. The van der Waals surface area contributed by atoms with Gasteiger partial charge in [0.1, 0.15) is 0 Å². The van der Waals surface area contributed by atoms with Crippen molar-refractivity contribution < 1.29 is 9.57 Å². The second-order valence-electron chi connectivity index (χ2n) is 1.82. The monoisotopic (exact) mass is 130 g/mol. The van der Waals surface area contributed by atoms with Crippen molar-refractivity contribution in [3.8, 4) is 0 Å². The molecular formula is C5H10N2O2. The van der Waals surface area contributed by atoms with Crippen molar-refractivity contribution in [1.29, 1.82) is 0 Å². The SMILES string of the molecule is CNCC1ON=C(C)O1. The quantitative estimate of drug-likeness (QED) is 0.568. The predicted octanol–water partition coefficient (Wildman–Crippen LogP) is -0.0879. The molecule has 1 rings (SSSR count). The van der Waals surface area contributed by atoms with Crippen molar-refractivity contribution in [3.05, 3.63) is 0 Å². The summed E-state index contributed by atoms with van der Waals surface area (Å²) in [6.07, 6.45) is -0.227. The third kappa shape index (κ3) is 1.57. The molecule has 52 valence electrons. The molecule has 0 saturated carbocycles. The number of ether oxygens (including phenoxy) is 1. The Hall–Kier alpha value is -0.770. The average Bonchev–Trinajstić information content (AvgIpc) is 2.17. The van der Waals surface area contributed by atoms with Crippen molar-refractivity contribution in [2.45, 2.75) is 13.2 Å². The van der Waals surface area contributed by atoms with Gasteiger partial charge in [-0.05, 0) is 12.2 Å². The fourth-order valence-corrected chi connectivity index (χ4v) is 0.612.